The van der Waals surface area contributed by atoms with E-state index in [9.17, 15) is 9.18 Å². The lowest BCUT2D eigenvalue weighted by molar-refractivity contribution is 0.102. The molecule has 1 amide bonds. The summed E-state index contributed by atoms with van der Waals surface area (Å²) < 4.78 is 13.8. The minimum Gasteiger partial charge on any atom is -0.322 e. The second kappa shape index (κ2) is 5.50. The Hall–Kier alpha value is -1.39. The predicted octanol–water partition coefficient (Wildman–Crippen LogP) is 4.49. The Morgan fingerprint density at radius 1 is 1.17 bits per heavy atom. The van der Waals surface area contributed by atoms with E-state index in [1.165, 1.54) is 18.2 Å². The second-order valence-electron chi connectivity index (χ2n) is 3.59. The summed E-state index contributed by atoms with van der Waals surface area (Å²) in [5, 5.41) is 2.62. The van der Waals surface area contributed by atoms with Crippen LogP contribution in [0.25, 0.3) is 0 Å². The van der Waals surface area contributed by atoms with Crippen molar-refractivity contribution >= 4 is 39.1 Å². The quantitative estimate of drug-likeness (QED) is 0.864. The minimum absolute atomic E-state index is 0.0244. The summed E-state index contributed by atoms with van der Waals surface area (Å²) in [6.07, 6.45) is 0. The van der Waals surface area contributed by atoms with Crippen molar-refractivity contribution in [2.45, 2.75) is 0 Å². The number of nitrogens with one attached hydrogen (secondary N) is 1. The van der Waals surface area contributed by atoms with Crippen LogP contribution in [0.3, 0.4) is 0 Å². The molecule has 5 heteroatoms. The van der Waals surface area contributed by atoms with E-state index in [0.29, 0.717) is 11.3 Å². The highest BCUT2D eigenvalue weighted by Crippen LogP contribution is 2.20. The maximum atomic E-state index is 13.0. The zero-order valence-corrected chi connectivity index (χ0v) is 11.4. The highest BCUT2D eigenvalue weighted by atomic mass is 79.9. The summed E-state index contributed by atoms with van der Waals surface area (Å²) in [5.74, 6) is -0.788. The van der Waals surface area contributed by atoms with Gasteiger partial charge in [0.1, 0.15) is 5.82 Å². The number of carbonyl (C=O) groups is 1. The minimum atomic E-state index is -0.515. The molecule has 2 nitrogen and oxygen atoms in total. The first kappa shape index (κ1) is 13.1. The third kappa shape index (κ3) is 3.09. The van der Waals surface area contributed by atoms with Crippen LogP contribution in [-0.2, 0) is 0 Å². The van der Waals surface area contributed by atoms with Gasteiger partial charge in [0, 0.05) is 15.7 Å². The average Bonchev–Trinajstić information content (AvgIpc) is 2.34. The topological polar surface area (TPSA) is 29.1 Å². The van der Waals surface area contributed by atoms with Crippen LogP contribution < -0.4 is 5.32 Å². The number of anilines is 1. The first-order valence-corrected chi connectivity index (χ1v) is 6.25. The van der Waals surface area contributed by atoms with Crippen LogP contribution in [0, 0.1) is 5.82 Å². The van der Waals surface area contributed by atoms with E-state index in [-0.39, 0.29) is 10.9 Å². The van der Waals surface area contributed by atoms with Gasteiger partial charge in [0.25, 0.3) is 5.91 Å². The first-order valence-electron chi connectivity index (χ1n) is 5.08. The van der Waals surface area contributed by atoms with Crippen LogP contribution in [0.1, 0.15) is 10.4 Å². The number of amides is 1. The molecule has 1 N–H and O–H groups in total. The van der Waals surface area contributed by atoms with Crippen molar-refractivity contribution < 1.29 is 9.18 Å². The molecular weight excluding hydrogens is 321 g/mol. The molecule has 92 valence electrons. The van der Waals surface area contributed by atoms with E-state index in [4.69, 9.17) is 11.6 Å². The molecular formula is C13H8BrClFNO. The van der Waals surface area contributed by atoms with Gasteiger partial charge in [0.2, 0.25) is 0 Å². The summed E-state index contributed by atoms with van der Waals surface area (Å²) in [5.41, 5.74) is 0.966. The van der Waals surface area contributed by atoms with Gasteiger partial charge >= 0.3 is 0 Å². The lowest BCUT2D eigenvalue weighted by Crippen LogP contribution is -2.11. The van der Waals surface area contributed by atoms with E-state index in [1.807, 2.05) is 0 Å². The van der Waals surface area contributed by atoms with Gasteiger partial charge in [-0.2, -0.15) is 0 Å². The van der Waals surface area contributed by atoms with Crippen molar-refractivity contribution in [2.24, 2.45) is 0 Å². The smallest absolute Gasteiger partial charge is 0.255 e. The Labute approximate surface area is 117 Å². The Balaban J connectivity index is 2.16. The maximum Gasteiger partial charge on any atom is 0.255 e. The molecule has 0 spiro atoms. The van der Waals surface area contributed by atoms with E-state index >= 15 is 0 Å². The Bertz CT molecular complexity index is 586. The molecule has 18 heavy (non-hydrogen) atoms. The van der Waals surface area contributed by atoms with E-state index in [2.05, 4.69) is 21.2 Å². The molecule has 0 unspecified atom stereocenters. The van der Waals surface area contributed by atoms with Gasteiger partial charge in [-0.1, -0.05) is 27.5 Å². The summed E-state index contributed by atoms with van der Waals surface area (Å²) in [6.45, 7) is 0. The van der Waals surface area contributed by atoms with Crippen LogP contribution >= 0.6 is 27.5 Å². The average molecular weight is 329 g/mol. The number of hydrogen-bond donors (Lipinski definition) is 1. The molecule has 0 aromatic heterocycles. The Kier molecular flexibility index (Phi) is 3.99. The van der Waals surface area contributed by atoms with Gasteiger partial charge in [-0.25, -0.2) is 4.39 Å². The number of carbonyl (C=O) groups excluding carboxylic acids is 1. The molecule has 2 aromatic rings. The molecule has 0 fully saturated rings. The van der Waals surface area contributed by atoms with Gasteiger partial charge in [-0.05, 0) is 42.5 Å². The third-order valence-corrected chi connectivity index (χ3v) is 3.10. The zero-order valence-electron chi connectivity index (χ0n) is 9.08. The van der Waals surface area contributed by atoms with Crippen molar-refractivity contribution in [3.8, 4) is 0 Å². The molecule has 0 radical (unpaired) electrons. The molecule has 0 aliphatic heterocycles. The fourth-order valence-electron chi connectivity index (χ4n) is 1.38. The molecule has 0 aliphatic carbocycles. The molecule has 0 saturated heterocycles. The monoisotopic (exact) mass is 327 g/mol. The van der Waals surface area contributed by atoms with Gasteiger partial charge < -0.3 is 5.32 Å². The van der Waals surface area contributed by atoms with Crippen molar-refractivity contribution in [3.05, 3.63) is 63.3 Å². The normalized spacial score (nSPS) is 10.2. The van der Waals surface area contributed by atoms with Gasteiger partial charge in [-0.3, -0.25) is 4.79 Å². The van der Waals surface area contributed by atoms with Crippen LogP contribution in [-0.4, -0.2) is 5.91 Å². The fourth-order valence-corrected chi connectivity index (χ4v) is 1.82. The molecule has 2 aromatic carbocycles. The molecule has 0 bridgehead atoms. The summed E-state index contributed by atoms with van der Waals surface area (Å²) >= 11 is 8.92. The van der Waals surface area contributed by atoms with Crippen molar-refractivity contribution in [2.75, 3.05) is 5.32 Å². The van der Waals surface area contributed by atoms with Gasteiger partial charge in [0.15, 0.2) is 0 Å². The summed E-state index contributed by atoms with van der Waals surface area (Å²) in [4.78, 5) is 11.9. The lowest BCUT2D eigenvalue weighted by Gasteiger charge is -2.06. The van der Waals surface area contributed by atoms with Gasteiger partial charge in [0.05, 0.1) is 5.02 Å². The van der Waals surface area contributed by atoms with Crippen LogP contribution in [0.5, 0.6) is 0 Å². The molecule has 2 rings (SSSR count). The van der Waals surface area contributed by atoms with Crippen LogP contribution in [0.4, 0.5) is 10.1 Å². The SMILES string of the molecule is O=C(Nc1ccc(F)c(Cl)c1)c1ccc(Br)cc1. The zero-order chi connectivity index (χ0) is 13.1. The van der Waals surface area contributed by atoms with E-state index < -0.39 is 5.82 Å². The molecule has 0 atom stereocenters. The van der Waals surface area contributed by atoms with E-state index in [1.54, 1.807) is 24.3 Å². The highest BCUT2D eigenvalue weighted by Gasteiger charge is 2.07. The Morgan fingerprint density at radius 2 is 1.83 bits per heavy atom. The highest BCUT2D eigenvalue weighted by molar-refractivity contribution is 9.10. The van der Waals surface area contributed by atoms with Crippen LogP contribution in [0.15, 0.2) is 46.9 Å². The molecule has 0 heterocycles. The first-order chi connectivity index (χ1) is 8.56. The fraction of sp³-hybridized carbons (Fsp3) is 0. The molecule has 0 saturated carbocycles. The largest absolute Gasteiger partial charge is 0.322 e. The predicted molar refractivity (Wildman–Crippen MR) is 73.5 cm³/mol. The lowest BCUT2D eigenvalue weighted by atomic mass is 10.2. The maximum absolute atomic E-state index is 13.0. The third-order valence-electron chi connectivity index (χ3n) is 2.28. The number of rotatable bonds is 2. The standard InChI is InChI=1S/C13H8BrClFNO/c14-9-3-1-8(2-4-9)13(18)17-10-5-6-12(16)11(15)7-10/h1-7H,(H,17,18). The van der Waals surface area contributed by atoms with Crippen molar-refractivity contribution in [1.29, 1.82) is 0 Å². The van der Waals surface area contributed by atoms with E-state index in [0.717, 1.165) is 4.47 Å². The van der Waals surface area contributed by atoms with Crippen molar-refractivity contribution in [1.82, 2.24) is 0 Å². The van der Waals surface area contributed by atoms with Crippen LogP contribution in [0.2, 0.25) is 5.02 Å². The summed E-state index contributed by atoms with van der Waals surface area (Å²) in [6, 6.07) is 10.9. The summed E-state index contributed by atoms with van der Waals surface area (Å²) in [7, 11) is 0. The number of benzene rings is 2. The second-order valence-corrected chi connectivity index (χ2v) is 4.91. The molecule has 0 aliphatic rings. The number of hydrogen-bond acceptors (Lipinski definition) is 1. The van der Waals surface area contributed by atoms with Gasteiger partial charge in [-0.15, -0.1) is 0 Å². The van der Waals surface area contributed by atoms with Crippen molar-refractivity contribution in [3.63, 3.8) is 0 Å². The number of halogens is 3. The Morgan fingerprint density at radius 3 is 2.44 bits per heavy atom.